The minimum Gasteiger partial charge on any atom is -0.355 e. The average Bonchev–Trinajstić information content (AvgIpc) is 3.05. The van der Waals surface area contributed by atoms with E-state index in [1.807, 2.05) is 11.8 Å². The number of hydrogen-bond donors (Lipinski definition) is 2. The molecule has 0 bridgehead atoms. The van der Waals surface area contributed by atoms with Gasteiger partial charge in [0.15, 0.2) is 5.82 Å². The zero-order valence-electron chi connectivity index (χ0n) is 14.8. The van der Waals surface area contributed by atoms with Gasteiger partial charge in [-0.3, -0.25) is 5.10 Å². The summed E-state index contributed by atoms with van der Waals surface area (Å²) in [5.74, 6) is 0.524. The second-order valence-corrected chi connectivity index (χ2v) is 7.93. The second kappa shape index (κ2) is 6.89. The molecule has 0 radical (unpaired) electrons. The highest BCUT2D eigenvalue weighted by molar-refractivity contribution is 6.43. The molecule has 1 aliphatic heterocycles. The fourth-order valence-corrected chi connectivity index (χ4v) is 3.71. The topological polar surface area (TPSA) is 83.7 Å². The van der Waals surface area contributed by atoms with Gasteiger partial charge in [-0.1, -0.05) is 35.3 Å². The van der Waals surface area contributed by atoms with Crippen molar-refractivity contribution in [2.45, 2.75) is 32.0 Å². The van der Waals surface area contributed by atoms with Crippen molar-refractivity contribution in [2.75, 3.05) is 18.0 Å². The highest BCUT2D eigenvalue weighted by Crippen LogP contribution is 2.36. The molecule has 142 valence electrons. The van der Waals surface area contributed by atoms with Crippen molar-refractivity contribution in [2.24, 2.45) is 5.73 Å². The highest BCUT2D eigenvalue weighted by atomic mass is 35.5. The molecule has 3 N–H and O–H groups in total. The Kier molecular flexibility index (Phi) is 4.70. The minimum atomic E-state index is -0.720. The Bertz CT molecular complexity index is 993. The number of fused-ring (bicyclic) bond motifs is 1. The molecule has 6 nitrogen and oxygen atoms in total. The van der Waals surface area contributed by atoms with E-state index in [2.05, 4.69) is 20.2 Å². The maximum atomic E-state index is 13.8. The number of hydrogen-bond acceptors (Lipinski definition) is 5. The number of nitrogens with one attached hydrogen (secondary N) is 1. The molecule has 0 spiro atoms. The fraction of sp³-hybridized carbons (Fsp3) is 0.389. The Morgan fingerprint density at radius 2 is 2.00 bits per heavy atom. The lowest BCUT2D eigenvalue weighted by Crippen LogP contribution is -2.48. The first-order valence-corrected chi connectivity index (χ1v) is 9.44. The molecule has 0 unspecified atom stereocenters. The van der Waals surface area contributed by atoms with Crippen molar-refractivity contribution in [3.05, 3.63) is 33.9 Å². The maximum Gasteiger partial charge on any atom is 0.202 e. The molecule has 4 rings (SSSR count). The van der Waals surface area contributed by atoms with Gasteiger partial charge < -0.3 is 10.6 Å². The fourth-order valence-electron chi connectivity index (χ4n) is 3.32. The van der Waals surface area contributed by atoms with E-state index in [1.54, 1.807) is 18.2 Å². The normalized spacial score (nSPS) is 16.9. The zero-order valence-corrected chi connectivity index (χ0v) is 16.3. The van der Waals surface area contributed by atoms with Crippen LogP contribution in [0, 0.1) is 0 Å². The molecule has 3 aromatic rings. The van der Waals surface area contributed by atoms with Crippen LogP contribution in [0.4, 0.5) is 10.2 Å². The summed E-state index contributed by atoms with van der Waals surface area (Å²) in [4.78, 5) is 11.1. The highest BCUT2D eigenvalue weighted by Gasteiger charge is 2.29. The van der Waals surface area contributed by atoms with Crippen LogP contribution in [0.2, 0.25) is 10.0 Å². The van der Waals surface area contributed by atoms with Gasteiger partial charge in [-0.25, -0.2) is 14.4 Å². The summed E-state index contributed by atoms with van der Waals surface area (Å²) in [5, 5.41) is 7.97. The van der Waals surface area contributed by atoms with Crippen LogP contribution < -0.4 is 10.6 Å². The van der Waals surface area contributed by atoms with E-state index in [4.69, 9.17) is 28.9 Å². The number of H-pyrrole nitrogens is 1. The number of nitrogens with two attached hydrogens (primary N) is 1. The average molecular weight is 409 g/mol. The van der Waals surface area contributed by atoms with Gasteiger partial charge in [0, 0.05) is 24.2 Å². The van der Waals surface area contributed by atoms with Gasteiger partial charge in [-0.15, -0.1) is 0 Å². The third kappa shape index (κ3) is 3.35. The molecule has 3 heterocycles. The number of anilines is 1. The van der Waals surface area contributed by atoms with Gasteiger partial charge in [0.2, 0.25) is 5.65 Å². The lowest BCUT2D eigenvalue weighted by Gasteiger charge is -2.37. The van der Waals surface area contributed by atoms with Gasteiger partial charge in [-0.2, -0.15) is 5.10 Å². The zero-order chi connectivity index (χ0) is 19.2. The molecule has 1 saturated heterocycles. The van der Waals surface area contributed by atoms with Crippen LogP contribution in [-0.4, -0.2) is 38.8 Å². The first-order chi connectivity index (χ1) is 12.9. The summed E-state index contributed by atoms with van der Waals surface area (Å²) < 4.78 is 13.8. The first-order valence-electron chi connectivity index (χ1n) is 8.69. The van der Waals surface area contributed by atoms with E-state index in [0.717, 1.165) is 12.8 Å². The van der Waals surface area contributed by atoms with E-state index in [9.17, 15) is 4.39 Å². The molecule has 1 aromatic carbocycles. The van der Waals surface area contributed by atoms with Crippen molar-refractivity contribution < 1.29 is 4.39 Å². The Labute approximate surface area is 165 Å². The van der Waals surface area contributed by atoms with Gasteiger partial charge >= 0.3 is 0 Å². The Morgan fingerprint density at radius 3 is 2.70 bits per heavy atom. The number of benzene rings is 1. The van der Waals surface area contributed by atoms with Gasteiger partial charge in [-0.05, 0) is 25.8 Å². The largest absolute Gasteiger partial charge is 0.355 e. The number of halogens is 3. The third-order valence-corrected chi connectivity index (χ3v) is 5.81. The minimum absolute atomic E-state index is 0.202. The number of rotatable bonds is 3. The molecular formula is C18H19Cl2FN6. The number of aromatic amines is 1. The predicted octanol–water partition coefficient (Wildman–Crippen LogP) is 4.11. The molecule has 1 fully saturated rings. The summed E-state index contributed by atoms with van der Waals surface area (Å²) in [6.45, 7) is 2.72. The summed E-state index contributed by atoms with van der Waals surface area (Å²) >= 11 is 12.4. The van der Waals surface area contributed by atoms with Gasteiger partial charge in [0.25, 0.3) is 0 Å². The van der Waals surface area contributed by atoms with E-state index in [0.29, 0.717) is 51.4 Å². The Balaban J connectivity index is 1.78. The molecule has 0 amide bonds. The van der Waals surface area contributed by atoms with Crippen molar-refractivity contribution >= 4 is 40.2 Å². The quantitative estimate of drug-likeness (QED) is 0.680. The molecule has 0 saturated carbocycles. The molecule has 0 aliphatic carbocycles. The number of alkyl halides is 1. The van der Waals surface area contributed by atoms with E-state index in [-0.39, 0.29) is 11.2 Å². The van der Waals surface area contributed by atoms with Gasteiger partial charge in [0.05, 0.1) is 15.7 Å². The molecule has 2 aromatic heterocycles. The van der Waals surface area contributed by atoms with E-state index in [1.165, 1.54) is 0 Å². The Hall–Kier alpha value is -1.96. The second-order valence-electron chi connectivity index (χ2n) is 7.14. The van der Waals surface area contributed by atoms with Crippen molar-refractivity contribution in [3.63, 3.8) is 0 Å². The third-order valence-electron chi connectivity index (χ3n) is 4.99. The van der Waals surface area contributed by atoms with E-state index >= 15 is 0 Å². The predicted molar refractivity (Wildman–Crippen MR) is 106 cm³/mol. The SMILES string of the molecule is CC1(N)CCN(c2nc3n[nH]c(-c4cccc(Cl)c4Cl)c3nc2CF)CC1. The molecule has 0 atom stereocenters. The number of nitrogens with zero attached hydrogens (tertiary/aromatic N) is 4. The van der Waals surface area contributed by atoms with Crippen LogP contribution in [0.15, 0.2) is 18.2 Å². The molecular weight excluding hydrogens is 390 g/mol. The molecule has 1 aliphatic rings. The summed E-state index contributed by atoms with van der Waals surface area (Å²) in [7, 11) is 0. The van der Waals surface area contributed by atoms with Crippen LogP contribution in [0.1, 0.15) is 25.5 Å². The lowest BCUT2D eigenvalue weighted by molar-refractivity contribution is 0.361. The lowest BCUT2D eigenvalue weighted by atomic mass is 9.91. The smallest absolute Gasteiger partial charge is 0.202 e. The van der Waals surface area contributed by atoms with Crippen molar-refractivity contribution in [3.8, 4) is 11.3 Å². The van der Waals surface area contributed by atoms with Crippen LogP contribution in [0.25, 0.3) is 22.4 Å². The Morgan fingerprint density at radius 1 is 1.26 bits per heavy atom. The maximum absolute atomic E-state index is 13.8. The van der Waals surface area contributed by atoms with Crippen LogP contribution in [0.5, 0.6) is 0 Å². The summed E-state index contributed by atoms with van der Waals surface area (Å²) in [5.41, 5.74) is 8.37. The van der Waals surface area contributed by atoms with Gasteiger partial charge in [0.1, 0.15) is 17.9 Å². The van der Waals surface area contributed by atoms with Crippen LogP contribution in [-0.2, 0) is 6.67 Å². The number of piperidine rings is 1. The summed E-state index contributed by atoms with van der Waals surface area (Å²) in [6, 6.07) is 5.29. The first kappa shape index (κ1) is 18.4. The van der Waals surface area contributed by atoms with E-state index < -0.39 is 6.67 Å². The van der Waals surface area contributed by atoms with Crippen molar-refractivity contribution in [1.82, 2.24) is 20.2 Å². The standard InChI is InChI=1S/C18H19Cl2FN6/c1-18(22)5-7-27(8-6-18)17-12(9-21)23-15-14(25-26-16(15)24-17)10-3-2-4-11(19)13(10)20/h2-4H,5-9,22H2,1H3,(H,24,25,26). The van der Waals surface area contributed by atoms with Crippen LogP contribution in [0.3, 0.4) is 0 Å². The number of aromatic nitrogens is 4. The monoisotopic (exact) mass is 408 g/mol. The molecule has 27 heavy (non-hydrogen) atoms. The molecule has 9 heteroatoms. The van der Waals surface area contributed by atoms with Crippen molar-refractivity contribution in [1.29, 1.82) is 0 Å². The van der Waals surface area contributed by atoms with Crippen LogP contribution >= 0.6 is 23.2 Å². The summed E-state index contributed by atoms with van der Waals surface area (Å²) in [6.07, 6.45) is 1.62.